The molecule has 2 atom stereocenters. The summed E-state index contributed by atoms with van der Waals surface area (Å²) in [6.07, 6.45) is 5.82. The molecule has 1 aliphatic heterocycles. The Hall–Kier alpha value is -2.69. The first-order chi connectivity index (χ1) is 13.4. The third-order valence-corrected chi connectivity index (χ3v) is 5.77. The number of rotatable bonds is 5. The van der Waals surface area contributed by atoms with Crippen molar-refractivity contribution >= 4 is 9.84 Å². The molecule has 3 aromatic rings. The van der Waals surface area contributed by atoms with Crippen molar-refractivity contribution in [3.63, 3.8) is 0 Å². The third kappa shape index (κ3) is 3.93. The molecule has 3 heterocycles. The maximum absolute atomic E-state index is 11.6. The van der Waals surface area contributed by atoms with Gasteiger partial charge in [0, 0.05) is 31.7 Å². The molecule has 9 nitrogen and oxygen atoms in total. The maximum Gasteiger partial charge on any atom is 0.244 e. The van der Waals surface area contributed by atoms with E-state index in [1.165, 1.54) is 6.26 Å². The molecule has 2 aromatic heterocycles. The topological polar surface area (TPSA) is 122 Å². The van der Waals surface area contributed by atoms with Crippen molar-refractivity contribution in [2.45, 2.75) is 30.0 Å². The molecule has 1 N–H and O–H groups in total. The molecule has 0 amide bonds. The number of β-amino-alcohol motifs (C(OH)–C–C–N with tert-alkyl or cyclic N) is 1. The van der Waals surface area contributed by atoms with Crippen LogP contribution in [0.1, 0.15) is 23.9 Å². The SMILES string of the molecule is CS(=O)(=O)c1ccc(CN2C[C@H](O)C[C@H]2c2nc(-c3cnccn3)no2)cc1. The Morgan fingerprint density at radius 2 is 2.04 bits per heavy atom. The molecule has 1 aliphatic rings. The van der Waals surface area contributed by atoms with Crippen molar-refractivity contribution in [1.29, 1.82) is 0 Å². The Balaban J connectivity index is 1.54. The van der Waals surface area contributed by atoms with Gasteiger partial charge in [0.05, 0.1) is 23.2 Å². The van der Waals surface area contributed by atoms with Gasteiger partial charge < -0.3 is 9.63 Å². The lowest BCUT2D eigenvalue weighted by molar-refractivity contribution is 0.169. The Labute approximate surface area is 162 Å². The minimum absolute atomic E-state index is 0.234. The van der Waals surface area contributed by atoms with E-state index in [0.717, 1.165) is 5.56 Å². The van der Waals surface area contributed by atoms with Crippen LogP contribution < -0.4 is 0 Å². The predicted molar refractivity (Wildman–Crippen MR) is 98.7 cm³/mol. The lowest BCUT2D eigenvalue weighted by atomic mass is 10.1. The summed E-state index contributed by atoms with van der Waals surface area (Å²) >= 11 is 0. The third-order valence-electron chi connectivity index (χ3n) is 4.64. The van der Waals surface area contributed by atoms with Gasteiger partial charge in [0.25, 0.3) is 0 Å². The van der Waals surface area contributed by atoms with Crippen LogP contribution in [0.4, 0.5) is 0 Å². The molecule has 0 unspecified atom stereocenters. The lowest BCUT2D eigenvalue weighted by Gasteiger charge is -2.21. The zero-order valence-electron chi connectivity index (χ0n) is 15.1. The first kappa shape index (κ1) is 18.7. The summed E-state index contributed by atoms with van der Waals surface area (Å²) in [6.45, 7) is 0.982. The first-order valence-corrected chi connectivity index (χ1v) is 10.6. The van der Waals surface area contributed by atoms with E-state index in [0.29, 0.717) is 36.9 Å². The van der Waals surface area contributed by atoms with Gasteiger partial charge in [0.2, 0.25) is 11.7 Å². The number of benzene rings is 1. The predicted octanol–water partition coefficient (Wildman–Crippen LogP) is 1.24. The fraction of sp³-hybridized carbons (Fsp3) is 0.333. The molecule has 146 valence electrons. The van der Waals surface area contributed by atoms with Crippen LogP contribution in [0, 0.1) is 0 Å². The van der Waals surface area contributed by atoms with Gasteiger partial charge in [0.15, 0.2) is 9.84 Å². The van der Waals surface area contributed by atoms with Crippen LogP contribution in [-0.4, -0.2) is 57.4 Å². The highest BCUT2D eigenvalue weighted by Gasteiger charge is 2.36. The second-order valence-electron chi connectivity index (χ2n) is 6.80. The molecule has 0 aliphatic carbocycles. The standard InChI is InChI=1S/C18H19N5O4S/c1-28(25,26)14-4-2-12(3-5-14)10-23-11-13(24)8-16(23)18-21-17(22-27-18)15-9-19-6-7-20-15/h2-7,9,13,16,24H,8,10-11H2,1H3/t13-,16+/m1/s1. The summed E-state index contributed by atoms with van der Waals surface area (Å²) in [4.78, 5) is 14.9. The van der Waals surface area contributed by atoms with Gasteiger partial charge in [-0.2, -0.15) is 4.98 Å². The Bertz CT molecular complexity index is 1050. The number of hydrogen-bond donors (Lipinski definition) is 1. The normalized spacial score (nSPS) is 20.5. The molecule has 0 radical (unpaired) electrons. The van der Waals surface area contributed by atoms with Gasteiger partial charge in [-0.15, -0.1) is 0 Å². The number of aliphatic hydroxyl groups is 1. The van der Waals surface area contributed by atoms with E-state index >= 15 is 0 Å². The molecule has 4 rings (SSSR count). The molecular weight excluding hydrogens is 382 g/mol. The van der Waals surface area contributed by atoms with Crippen LogP contribution in [0.5, 0.6) is 0 Å². The van der Waals surface area contributed by atoms with Crippen molar-refractivity contribution in [3.8, 4) is 11.5 Å². The average Bonchev–Trinajstić information content (AvgIpc) is 3.29. The summed E-state index contributed by atoms with van der Waals surface area (Å²) in [6, 6.07) is 6.49. The molecule has 0 spiro atoms. The van der Waals surface area contributed by atoms with Gasteiger partial charge in [-0.25, -0.2) is 13.4 Å². The van der Waals surface area contributed by atoms with Crippen LogP contribution in [-0.2, 0) is 16.4 Å². The Kier molecular flexibility index (Phi) is 4.92. The van der Waals surface area contributed by atoms with Crippen LogP contribution in [0.3, 0.4) is 0 Å². The molecule has 0 bridgehead atoms. The number of nitrogens with zero attached hydrogens (tertiary/aromatic N) is 5. The summed E-state index contributed by atoms with van der Waals surface area (Å²) in [5, 5.41) is 14.1. The highest BCUT2D eigenvalue weighted by molar-refractivity contribution is 7.90. The summed E-state index contributed by atoms with van der Waals surface area (Å²) in [5.74, 6) is 0.756. The summed E-state index contributed by atoms with van der Waals surface area (Å²) in [5.41, 5.74) is 1.44. The minimum atomic E-state index is -3.23. The first-order valence-electron chi connectivity index (χ1n) is 8.71. The molecule has 1 fully saturated rings. The quantitative estimate of drug-likeness (QED) is 0.672. The molecule has 0 saturated carbocycles. The number of aromatic nitrogens is 4. The van der Waals surface area contributed by atoms with Gasteiger partial charge in [-0.1, -0.05) is 17.3 Å². The number of aliphatic hydroxyl groups excluding tert-OH is 1. The number of likely N-dealkylation sites (tertiary alicyclic amines) is 1. The molecule has 28 heavy (non-hydrogen) atoms. The van der Waals surface area contributed by atoms with Crippen LogP contribution >= 0.6 is 0 Å². The molecule has 1 saturated heterocycles. The van der Waals surface area contributed by atoms with Crippen molar-refractivity contribution in [2.75, 3.05) is 12.8 Å². The number of hydrogen-bond acceptors (Lipinski definition) is 9. The smallest absolute Gasteiger partial charge is 0.244 e. The van der Waals surface area contributed by atoms with E-state index in [2.05, 4.69) is 20.1 Å². The maximum atomic E-state index is 11.6. The summed E-state index contributed by atoms with van der Waals surface area (Å²) in [7, 11) is -3.23. The average molecular weight is 401 g/mol. The van der Waals surface area contributed by atoms with E-state index in [9.17, 15) is 13.5 Å². The van der Waals surface area contributed by atoms with Crippen LogP contribution in [0.25, 0.3) is 11.5 Å². The van der Waals surface area contributed by atoms with Crippen LogP contribution in [0.2, 0.25) is 0 Å². The van der Waals surface area contributed by atoms with Gasteiger partial charge in [-0.05, 0) is 24.1 Å². The Morgan fingerprint density at radius 1 is 1.25 bits per heavy atom. The van der Waals surface area contributed by atoms with E-state index in [1.807, 2.05) is 4.90 Å². The molecule has 10 heteroatoms. The monoisotopic (exact) mass is 401 g/mol. The highest BCUT2D eigenvalue weighted by atomic mass is 32.2. The fourth-order valence-corrected chi connectivity index (χ4v) is 3.91. The van der Waals surface area contributed by atoms with Crippen molar-refractivity contribution in [1.82, 2.24) is 25.0 Å². The molecular formula is C18H19N5O4S. The largest absolute Gasteiger partial charge is 0.392 e. The zero-order chi connectivity index (χ0) is 19.7. The minimum Gasteiger partial charge on any atom is -0.392 e. The fourth-order valence-electron chi connectivity index (χ4n) is 3.28. The summed E-state index contributed by atoms with van der Waals surface area (Å²) < 4.78 is 28.6. The second kappa shape index (κ2) is 7.38. The van der Waals surface area contributed by atoms with E-state index < -0.39 is 15.9 Å². The van der Waals surface area contributed by atoms with Crippen molar-refractivity contribution in [3.05, 3.63) is 54.3 Å². The second-order valence-corrected chi connectivity index (χ2v) is 8.81. The highest BCUT2D eigenvalue weighted by Crippen LogP contribution is 2.33. The van der Waals surface area contributed by atoms with Crippen LogP contribution in [0.15, 0.2) is 52.3 Å². The lowest BCUT2D eigenvalue weighted by Crippen LogP contribution is -2.24. The van der Waals surface area contributed by atoms with Gasteiger partial charge in [-0.3, -0.25) is 9.88 Å². The number of sulfone groups is 1. The van der Waals surface area contributed by atoms with E-state index in [-0.39, 0.29) is 10.9 Å². The zero-order valence-corrected chi connectivity index (χ0v) is 16.0. The Morgan fingerprint density at radius 3 is 2.71 bits per heavy atom. The van der Waals surface area contributed by atoms with Crippen molar-refractivity contribution in [2.24, 2.45) is 0 Å². The van der Waals surface area contributed by atoms with E-state index in [1.54, 1.807) is 42.9 Å². The van der Waals surface area contributed by atoms with Crippen molar-refractivity contribution < 1.29 is 18.0 Å². The van der Waals surface area contributed by atoms with Gasteiger partial charge in [0.1, 0.15) is 5.69 Å². The van der Waals surface area contributed by atoms with Gasteiger partial charge >= 0.3 is 0 Å². The van der Waals surface area contributed by atoms with E-state index in [4.69, 9.17) is 4.52 Å². The molecule has 1 aromatic carbocycles.